The second-order valence-electron chi connectivity index (χ2n) is 5.25. The number of likely N-dealkylation sites (tertiary alicyclic amines) is 1. The Morgan fingerprint density at radius 1 is 1.41 bits per heavy atom. The van der Waals surface area contributed by atoms with Gasteiger partial charge in [0, 0.05) is 26.3 Å². The lowest BCUT2D eigenvalue weighted by Gasteiger charge is -2.36. The summed E-state index contributed by atoms with van der Waals surface area (Å²) in [4.78, 5) is 2.64. The van der Waals surface area contributed by atoms with E-state index in [2.05, 4.69) is 24.1 Å². The summed E-state index contributed by atoms with van der Waals surface area (Å²) in [5, 5.41) is 3.57. The minimum atomic E-state index is 0.668. The van der Waals surface area contributed by atoms with Crippen LogP contribution in [0.15, 0.2) is 0 Å². The summed E-state index contributed by atoms with van der Waals surface area (Å²) in [7, 11) is 1.79. The fraction of sp³-hybridized carbons (Fsp3) is 1.00. The number of piperidine rings is 1. The lowest BCUT2D eigenvalue weighted by molar-refractivity contribution is 0.140. The van der Waals surface area contributed by atoms with E-state index in [1.54, 1.807) is 7.11 Å². The largest absolute Gasteiger partial charge is 0.385 e. The number of ether oxygens (including phenoxy) is 1. The van der Waals surface area contributed by atoms with Gasteiger partial charge in [0.15, 0.2) is 0 Å². The highest BCUT2D eigenvalue weighted by Crippen LogP contribution is 2.19. The molecule has 0 aromatic rings. The van der Waals surface area contributed by atoms with Crippen LogP contribution < -0.4 is 5.32 Å². The maximum absolute atomic E-state index is 5.09. The molecule has 0 radical (unpaired) electrons. The molecule has 0 aromatic carbocycles. The molecule has 0 aliphatic carbocycles. The maximum atomic E-state index is 5.09. The number of nitrogens with zero attached hydrogens (tertiary/aromatic N) is 1. The molecule has 0 aromatic heterocycles. The van der Waals surface area contributed by atoms with Crippen molar-refractivity contribution in [1.82, 2.24) is 10.2 Å². The fourth-order valence-corrected chi connectivity index (χ4v) is 2.77. The van der Waals surface area contributed by atoms with Crippen LogP contribution in [0.2, 0.25) is 0 Å². The number of hydrogen-bond donors (Lipinski definition) is 1. The number of rotatable bonds is 8. The predicted molar refractivity (Wildman–Crippen MR) is 73.4 cm³/mol. The number of hydrogen-bond acceptors (Lipinski definition) is 3. The van der Waals surface area contributed by atoms with Crippen LogP contribution in [0.3, 0.4) is 0 Å². The van der Waals surface area contributed by atoms with Crippen LogP contribution in [-0.2, 0) is 4.74 Å². The third-order valence-electron chi connectivity index (χ3n) is 3.85. The van der Waals surface area contributed by atoms with Crippen molar-refractivity contribution in [3.63, 3.8) is 0 Å². The van der Waals surface area contributed by atoms with Gasteiger partial charge in [-0.2, -0.15) is 0 Å². The van der Waals surface area contributed by atoms with Crippen LogP contribution in [0.25, 0.3) is 0 Å². The van der Waals surface area contributed by atoms with Crippen LogP contribution in [0.4, 0.5) is 0 Å². The first-order valence-electron chi connectivity index (χ1n) is 7.22. The summed E-state index contributed by atoms with van der Waals surface area (Å²) in [6.07, 6.45) is 5.23. The van der Waals surface area contributed by atoms with Crippen molar-refractivity contribution in [3.8, 4) is 0 Å². The average molecular weight is 242 g/mol. The first kappa shape index (κ1) is 14.9. The molecule has 1 rings (SSSR count). The minimum Gasteiger partial charge on any atom is -0.385 e. The summed E-state index contributed by atoms with van der Waals surface area (Å²) < 4.78 is 5.09. The smallest absolute Gasteiger partial charge is 0.0462 e. The van der Waals surface area contributed by atoms with Gasteiger partial charge in [-0.15, -0.1) is 0 Å². The highest BCUT2D eigenvalue weighted by molar-refractivity contribution is 4.80. The van der Waals surface area contributed by atoms with Gasteiger partial charge in [0.2, 0.25) is 0 Å². The second-order valence-corrected chi connectivity index (χ2v) is 5.25. The zero-order valence-corrected chi connectivity index (χ0v) is 11.9. The molecule has 2 atom stereocenters. The summed E-state index contributed by atoms with van der Waals surface area (Å²) >= 11 is 0. The van der Waals surface area contributed by atoms with Gasteiger partial charge in [-0.05, 0) is 58.2 Å². The molecule has 3 nitrogen and oxygen atoms in total. The lowest BCUT2D eigenvalue weighted by Crippen LogP contribution is -2.44. The Hall–Kier alpha value is -0.120. The van der Waals surface area contributed by atoms with Crippen LogP contribution in [0.5, 0.6) is 0 Å². The van der Waals surface area contributed by atoms with E-state index in [1.807, 2.05) is 0 Å². The normalized spacial score (nSPS) is 23.8. The van der Waals surface area contributed by atoms with Crippen LogP contribution >= 0.6 is 0 Å². The van der Waals surface area contributed by atoms with Crippen molar-refractivity contribution in [1.29, 1.82) is 0 Å². The van der Waals surface area contributed by atoms with Crippen molar-refractivity contribution in [3.05, 3.63) is 0 Å². The van der Waals surface area contributed by atoms with E-state index in [9.17, 15) is 0 Å². The quantitative estimate of drug-likeness (QED) is 0.660. The van der Waals surface area contributed by atoms with Crippen LogP contribution in [0, 0.1) is 5.92 Å². The van der Waals surface area contributed by atoms with E-state index in [0.29, 0.717) is 6.04 Å². The van der Waals surface area contributed by atoms with Gasteiger partial charge in [0.1, 0.15) is 0 Å². The van der Waals surface area contributed by atoms with E-state index in [-0.39, 0.29) is 0 Å². The standard InChI is InChI=1S/C14H30N2O/c1-4-15-13(2)14-8-7-10-16(12-14)9-5-6-11-17-3/h13-15H,4-12H2,1-3H3. The zero-order chi connectivity index (χ0) is 12.5. The zero-order valence-electron chi connectivity index (χ0n) is 11.9. The molecule has 1 aliphatic rings. The molecule has 17 heavy (non-hydrogen) atoms. The van der Waals surface area contributed by atoms with Crippen molar-refractivity contribution in [2.75, 3.05) is 39.9 Å². The van der Waals surface area contributed by atoms with Crippen molar-refractivity contribution in [2.24, 2.45) is 5.92 Å². The third-order valence-corrected chi connectivity index (χ3v) is 3.85. The molecule has 0 saturated carbocycles. The average Bonchev–Trinajstić information content (AvgIpc) is 2.35. The first-order valence-corrected chi connectivity index (χ1v) is 7.22. The Balaban J connectivity index is 2.19. The van der Waals surface area contributed by atoms with Crippen LogP contribution in [-0.4, -0.2) is 50.8 Å². The summed E-state index contributed by atoms with van der Waals surface area (Å²) in [5.41, 5.74) is 0. The molecule has 1 heterocycles. The lowest BCUT2D eigenvalue weighted by atomic mass is 9.91. The van der Waals surface area contributed by atoms with Gasteiger partial charge >= 0.3 is 0 Å². The number of nitrogens with one attached hydrogen (secondary N) is 1. The van der Waals surface area contributed by atoms with Crippen LogP contribution in [0.1, 0.15) is 39.5 Å². The molecule has 1 aliphatic heterocycles. The number of methoxy groups -OCH3 is 1. The fourth-order valence-electron chi connectivity index (χ4n) is 2.77. The third kappa shape index (κ3) is 5.84. The Morgan fingerprint density at radius 3 is 2.94 bits per heavy atom. The first-order chi connectivity index (χ1) is 8.27. The summed E-state index contributed by atoms with van der Waals surface area (Å²) in [5.74, 6) is 0.839. The van der Waals surface area contributed by atoms with Gasteiger partial charge in [-0.25, -0.2) is 0 Å². The molecule has 2 unspecified atom stereocenters. The Kier molecular flexibility index (Phi) is 7.82. The van der Waals surface area contributed by atoms with Gasteiger partial charge in [0.05, 0.1) is 0 Å². The van der Waals surface area contributed by atoms with Gasteiger partial charge in [-0.1, -0.05) is 6.92 Å². The maximum Gasteiger partial charge on any atom is 0.0462 e. The van der Waals surface area contributed by atoms with E-state index >= 15 is 0 Å². The highest BCUT2D eigenvalue weighted by Gasteiger charge is 2.23. The Morgan fingerprint density at radius 2 is 2.24 bits per heavy atom. The summed E-state index contributed by atoms with van der Waals surface area (Å²) in [6, 6.07) is 0.668. The van der Waals surface area contributed by atoms with Gasteiger partial charge in [0.25, 0.3) is 0 Å². The Labute approximate surface area is 107 Å². The molecule has 0 bridgehead atoms. The molecule has 1 fully saturated rings. The molecule has 1 N–H and O–H groups in total. The van der Waals surface area contributed by atoms with E-state index in [4.69, 9.17) is 4.74 Å². The summed E-state index contributed by atoms with van der Waals surface area (Å²) in [6.45, 7) is 10.4. The number of unbranched alkanes of at least 4 members (excludes halogenated alkanes) is 1. The topological polar surface area (TPSA) is 24.5 Å². The van der Waals surface area contributed by atoms with Crippen molar-refractivity contribution >= 4 is 0 Å². The highest BCUT2D eigenvalue weighted by atomic mass is 16.5. The van der Waals surface area contributed by atoms with E-state index in [1.165, 1.54) is 45.3 Å². The molecular formula is C14H30N2O. The van der Waals surface area contributed by atoms with E-state index < -0.39 is 0 Å². The molecule has 0 spiro atoms. The van der Waals surface area contributed by atoms with Gasteiger partial charge < -0.3 is 15.0 Å². The van der Waals surface area contributed by atoms with Gasteiger partial charge in [-0.3, -0.25) is 0 Å². The SMILES string of the molecule is CCNC(C)C1CCCN(CCCCOC)C1. The molecule has 3 heteroatoms. The predicted octanol–water partition coefficient (Wildman–Crippen LogP) is 2.12. The van der Waals surface area contributed by atoms with Crippen molar-refractivity contribution in [2.45, 2.75) is 45.6 Å². The minimum absolute atomic E-state index is 0.668. The molecule has 102 valence electrons. The van der Waals surface area contributed by atoms with E-state index in [0.717, 1.165) is 19.1 Å². The Bertz CT molecular complexity index is 187. The molecule has 0 amide bonds. The monoisotopic (exact) mass is 242 g/mol. The molecular weight excluding hydrogens is 212 g/mol. The molecule has 1 saturated heterocycles. The second kappa shape index (κ2) is 8.90. The van der Waals surface area contributed by atoms with Crippen molar-refractivity contribution < 1.29 is 4.74 Å².